The minimum atomic E-state index is -0.476. The molecule has 0 aromatic heterocycles. The van der Waals surface area contributed by atoms with E-state index in [1.807, 2.05) is 37.3 Å². The fourth-order valence-electron chi connectivity index (χ4n) is 2.70. The number of carbonyl (C=O) groups excluding carboxylic acids is 2. The third kappa shape index (κ3) is 6.30. The molecule has 0 spiro atoms. The minimum absolute atomic E-state index is 0.154. The van der Waals surface area contributed by atoms with Crippen LogP contribution in [0.1, 0.15) is 21.5 Å². The summed E-state index contributed by atoms with van der Waals surface area (Å²) in [6.45, 7) is 1.75. The number of ether oxygens (including phenoxy) is 3. The van der Waals surface area contributed by atoms with Gasteiger partial charge in [0, 0.05) is 3.57 Å². The Hall–Kier alpha value is -3.40. The van der Waals surface area contributed by atoms with E-state index >= 15 is 0 Å². The Morgan fingerprint density at radius 2 is 1.75 bits per heavy atom. The number of hydrogen-bond acceptors (Lipinski definition) is 6. The molecular weight excluding hydrogens is 523 g/mol. The summed E-state index contributed by atoms with van der Waals surface area (Å²) in [6.07, 6.45) is 1.46. The van der Waals surface area contributed by atoms with E-state index < -0.39 is 5.97 Å². The summed E-state index contributed by atoms with van der Waals surface area (Å²) in [4.78, 5) is 24.4. The van der Waals surface area contributed by atoms with Crippen molar-refractivity contribution in [2.75, 3.05) is 13.7 Å². The highest BCUT2D eigenvalue weighted by Gasteiger charge is 2.15. The van der Waals surface area contributed by atoms with Crippen LogP contribution in [0.25, 0.3) is 0 Å². The van der Waals surface area contributed by atoms with Crippen LogP contribution in [0.3, 0.4) is 0 Å². The molecular formula is C24H21IN2O5. The van der Waals surface area contributed by atoms with Gasteiger partial charge in [-0.2, -0.15) is 5.10 Å². The lowest BCUT2D eigenvalue weighted by Crippen LogP contribution is -2.24. The van der Waals surface area contributed by atoms with E-state index in [9.17, 15) is 9.59 Å². The third-order valence-corrected chi connectivity index (χ3v) is 5.28. The molecule has 8 heteroatoms. The highest BCUT2D eigenvalue weighted by atomic mass is 127. The van der Waals surface area contributed by atoms with Gasteiger partial charge in [-0.3, -0.25) is 4.79 Å². The Balaban J connectivity index is 1.58. The van der Waals surface area contributed by atoms with Crippen molar-refractivity contribution >= 4 is 40.7 Å². The number of hydrogen-bond donors (Lipinski definition) is 1. The molecule has 0 aliphatic heterocycles. The number of benzene rings is 3. The number of amides is 1. The molecule has 0 bridgehead atoms. The van der Waals surface area contributed by atoms with Crippen molar-refractivity contribution in [3.8, 4) is 17.2 Å². The number of aryl methyl sites for hydroxylation is 1. The monoisotopic (exact) mass is 544 g/mol. The lowest BCUT2D eigenvalue weighted by Gasteiger charge is -2.10. The maximum absolute atomic E-state index is 12.5. The van der Waals surface area contributed by atoms with E-state index in [4.69, 9.17) is 14.2 Å². The summed E-state index contributed by atoms with van der Waals surface area (Å²) in [5.74, 6) is 0.425. The van der Waals surface area contributed by atoms with Crippen molar-refractivity contribution in [2.24, 2.45) is 5.10 Å². The van der Waals surface area contributed by atoms with Crippen LogP contribution in [-0.4, -0.2) is 31.8 Å². The van der Waals surface area contributed by atoms with E-state index in [0.717, 1.165) is 9.13 Å². The number of carbonyl (C=O) groups is 2. The Morgan fingerprint density at radius 1 is 1.00 bits per heavy atom. The maximum atomic E-state index is 12.5. The topological polar surface area (TPSA) is 86.2 Å². The van der Waals surface area contributed by atoms with Crippen molar-refractivity contribution in [2.45, 2.75) is 6.92 Å². The van der Waals surface area contributed by atoms with E-state index in [2.05, 4.69) is 33.1 Å². The predicted molar refractivity (Wildman–Crippen MR) is 130 cm³/mol. The molecule has 0 aliphatic rings. The second-order valence-corrected chi connectivity index (χ2v) is 7.79. The lowest BCUT2D eigenvalue weighted by atomic mass is 10.2. The summed E-state index contributed by atoms with van der Waals surface area (Å²) in [5, 5.41) is 3.93. The fraction of sp³-hybridized carbons (Fsp3) is 0.125. The summed E-state index contributed by atoms with van der Waals surface area (Å²) >= 11 is 2.08. The standard InChI is InChI=1S/C24H21IN2O5/c1-16-7-3-6-10-20(16)31-15-23(28)27-26-14-17-11-12-21(22(13-17)30-2)32-24(29)18-8-4-5-9-19(18)25/h3-14H,15H2,1-2H3,(H,27,28)/b26-14+. The van der Waals surface area contributed by atoms with Gasteiger partial charge in [0.2, 0.25) is 0 Å². The second kappa shape index (κ2) is 11.3. The Kier molecular flexibility index (Phi) is 8.20. The van der Waals surface area contributed by atoms with Crippen molar-refractivity contribution in [3.63, 3.8) is 0 Å². The first-order valence-corrected chi connectivity index (χ1v) is 10.7. The van der Waals surface area contributed by atoms with Crippen LogP contribution in [0.15, 0.2) is 71.8 Å². The second-order valence-electron chi connectivity index (χ2n) is 6.63. The zero-order valence-electron chi connectivity index (χ0n) is 17.5. The number of hydrazone groups is 1. The largest absolute Gasteiger partial charge is 0.493 e. The van der Waals surface area contributed by atoms with E-state index in [1.54, 1.807) is 36.4 Å². The van der Waals surface area contributed by atoms with Gasteiger partial charge in [-0.15, -0.1) is 0 Å². The number of rotatable bonds is 8. The van der Waals surface area contributed by atoms with Crippen molar-refractivity contribution < 1.29 is 23.8 Å². The Morgan fingerprint density at radius 3 is 2.50 bits per heavy atom. The van der Waals surface area contributed by atoms with Crippen LogP contribution in [0.4, 0.5) is 0 Å². The molecule has 0 saturated carbocycles. The Labute approximate surface area is 199 Å². The van der Waals surface area contributed by atoms with Gasteiger partial charge in [0.05, 0.1) is 18.9 Å². The summed E-state index contributed by atoms with van der Waals surface area (Å²) in [7, 11) is 1.48. The fourth-order valence-corrected chi connectivity index (χ4v) is 3.31. The molecule has 0 radical (unpaired) electrons. The first-order chi connectivity index (χ1) is 15.5. The van der Waals surface area contributed by atoms with Gasteiger partial charge < -0.3 is 14.2 Å². The zero-order chi connectivity index (χ0) is 22.9. The number of esters is 1. The summed E-state index contributed by atoms with van der Waals surface area (Å²) in [5.41, 5.74) is 4.47. The highest BCUT2D eigenvalue weighted by Crippen LogP contribution is 2.29. The van der Waals surface area contributed by atoms with Crippen molar-refractivity contribution in [3.05, 3.63) is 87.0 Å². The van der Waals surface area contributed by atoms with Crippen molar-refractivity contribution in [1.82, 2.24) is 5.43 Å². The molecule has 7 nitrogen and oxygen atoms in total. The first-order valence-electron chi connectivity index (χ1n) is 9.63. The van der Waals surface area contributed by atoms with E-state index in [1.165, 1.54) is 13.3 Å². The van der Waals surface area contributed by atoms with Crippen LogP contribution in [0.5, 0.6) is 17.2 Å². The molecule has 0 unspecified atom stereocenters. The normalized spacial score (nSPS) is 10.6. The average molecular weight is 544 g/mol. The van der Waals surface area contributed by atoms with Crippen LogP contribution in [0, 0.1) is 10.5 Å². The van der Waals surface area contributed by atoms with Crippen LogP contribution >= 0.6 is 22.6 Å². The van der Waals surface area contributed by atoms with Gasteiger partial charge in [-0.05, 0) is 77.0 Å². The molecule has 3 aromatic rings. The molecule has 0 atom stereocenters. The molecule has 0 heterocycles. The SMILES string of the molecule is COc1cc(/C=N/NC(=O)COc2ccccc2C)ccc1OC(=O)c1ccccc1I. The minimum Gasteiger partial charge on any atom is -0.493 e. The first kappa shape index (κ1) is 23.3. The van der Waals surface area contributed by atoms with E-state index in [0.29, 0.717) is 22.6 Å². The van der Waals surface area contributed by atoms with Gasteiger partial charge in [-0.25, -0.2) is 10.2 Å². The zero-order valence-corrected chi connectivity index (χ0v) is 19.7. The van der Waals surface area contributed by atoms with Crippen LogP contribution < -0.4 is 19.6 Å². The number of nitrogens with one attached hydrogen (secondary N) is 1. The lowest BCUT2D eigenvalue weighted by molar-refractivity contribution is -0.123. The highest BCUT2D eigenvalue weighted by molar-refractivity contribution is 14.1. The molecule has 1 N–H and O–H groups in total. The van der Waals surface area contributed by atoms with Crippen LogP contribution in [-0.2, 0) is 4.79 Å². The van der Waals surface area contributed by atoms with Crippen LogP contribution in [0.2, 0.25) is 0 Å². The van der Waals surface area contributed by atoms with Gasteiger partial charge in [0.1, 0.15) is 5.75 Å². The molecule has 0 aliphatic carbocycles. The molecule has 3 aromatic carbocycles. The molecule has 3 rings (SSSR count). The Bertz CT molecular complexity index is 1150. The molecule has 0 fully saturated rings. The summed E-state index contributed by atoms with van der Waals surface area (Å²) in [6, 6.07) is 19.5. The van der Waals surface area contributed by atoms with Gasteiger partial charge in [0.25, 0.3) is 5.91 Å². The number of nitrogens with zero attached hydrogens (tertiary/aromatic N) is 1. The molecule has 0 saturated heterocycles. The maximum Gasteiger partial charge on any atom is 0.344 e. The average Bonchev–Trinajstić information content (AvgIpc) is 2.79. The number of methoxy groups -OCH3 is 1. The number of para-hydroxylation sites is 1. The van der Waals surface area contributed by atoms with Gasteiger partial charge in [-0.1, -0.05) is 30.3 Å². The smallest absolute Gasteiger partial charge is 0.344 e. The summed E-state index contributed by atoms with van der Waals surface area (Å²) < 4.78 is 17.1. The molecule has 32 heavy (non-hydrogen) atoms. The molecule has 164 valence electrons. The number of halogens is 1. The van der Waals surface area contributed by atoms with E-state index in [-0.39, 0.29) is 18.3 Å². The van der Waals surface area contributed by atoms with Gasteiger partial charge >= 0.3 is 5.97 Å². The third-order valence-electron chi connectivity index (χ3n) is 4.34. The van der Waals surface area contributed by atoms with Gasteiger partial charge in [0.15, 0.2) is 18.1 Å². The predicted octanol–water partition coefficient (Wildman–Crippen LogP) is 4.36. The van der Waals surface area contributed by atoms with Crippen molar-refractivity contribution in [1.29, 1.82) is 0 Å². The quantitative estimate of drug-likeness (QED) is 0.150. The molecule has 1 amide bonds.